The summed E-state index contributed by atoms with van der Waals surface area (Å²) in [7, 11) is 3.42. The van der Waals surface area contributed by atoms with Crippen LogP contribution >= 0.6 is 0 Å². The second kappa shape index (κ2) is 8.34. The van der Waals surface area contributed by atoms with Crippen LogP contribution in [0, 0.1) is 0 Å². The van der Waals surface area contributed by atoms with Crippen LogP contribution in [0.2, 0.25) is 0 Å². The van der Waals surface area contributed by atoms with Crippen molar-refractivity contribution >= 4 is 29.1 Å². The van der Waals surface area contributed by atoms with Crippen molar-refractivity contribution in [2.75, 3.05) is 30.4 Å². The van der Waals surface area contributed by atoms with Gasteiger partial charge in [0.15, 0.2) is 5.76 Å². The molecule has 164 valence electrons. The summed E-state index contributed by atoms with van der Waals surface area (Å²) in [5.74, 6) is -0.199. The van der Waals surface area contributed by atoms with Gasteiger partial charge in [-0.3, -0.25) is 14.4 Å². The van der Waals surface area contributed by atoms with Crippen LogP contribution in [0.1, 0.15) is 34.8 Å². The molecule has 1 aliphatic heterocycles. The molecule has 1 atom stereocenters. The first-order valence-corrected chi connectivity index (χ1v) is 10.4. The van der Waals surface area contributed by atoms with E-state index in [1.165, 1.54) is 18.1 Å². The van der Waals surface area contributed by atoms with Crippen molar-refractivity contribution in [2.45, 2.75) is 19.9 Å². The Bertz CT molecular complexity index is 1180. The number of hydrogen-bond donors (Lipinski definition) is 0. The number of furan rings is 1. The number of anilines is 2. The Kier molecular flexibility index (Phi) is 5.57. The molecule has 3 aromatic rings. The maximum atomic E-state index is 13.2. The molecule has 7 nitrogen and oxygen atoms in total. The van der Waals surface area contributed by atoms with Crippen LogP contribution in [0.5, 0.6) is 0 Å². The van der Waals surface area contributed by atoms with E-state index in [-0.39, 0.29) is 29.5 Å². The summed E-state index contributed by atoms with van der Waals surface area (Å²) in [5.41, 5.74) is 3.56. The minimum Gasteiger partial charge on any atom is -0.459 e. The summed E-state index contributed by atoms with van der Waals surface area (Å²) in [6, 6.07) is 16.1. The second-order valence-electron chi connectivity index (χ2n) is 8.11. The highest BCUT2D eigenvalue weighted by molar-refractivity contribution is 6.10. The van der Waals surface area contributed by atoms with E-state index in [9.17, 15) is 14.4 Å². The van der Waals surface area contributed by atoms with Crippen molar-refractivity contribution in [1.29, 1.82) is 0 Å². The van der Waals surface area contributed by atoms with Crippen LogP contribution in [0.4, 0.5) is 11.4 Å². The molecule has 32 heavy (non-hydrogen) atoms. The summed E-state index contributed by atoms with van der Waals surface area (Å²) < 4.78 is 5.34. The Hall–Kier alpha value is -3.87. The lowest BCUT2D eigenvalue weighted by molar-refractivity contribution is -0.117. The number of rotatable bonds is 3. The molecule has 0 saturated carbocycles. The topological polar surface area (TPSA) is 74.1 Å². The highest BCUT2D eigenvalue weighted by Crippen LogP contribution is 2.39. The van der Waals surface area contributed by atoms with Crippen LogP contribution in [0.25, 0.3) is 11.1 Å². The average molecular weight is 431 g/mol. The van der Waals surface area contributed by atoms with Crippen molar-refractivity contribution in [1.82, 2.24) is 4.90 Å². The van der Waals surface area contributed by atoms with Crippen molar-refractivity contribution in [3.63, 3.8) is 0 Å². The van der Waals surface area contributed by atoms with Crippen LogP contribution in [0.3, 0.4) is 0 Å². The molecule has 3 amide bonds. The average Bonchev–Trinajstić information content (AvgIpc) is 3.32. The van der Waals surface area contributed by atoms with E-state index in [0.29, 0.717) is 23.5 Å². The van der Waals surface area contributed by atoms with Gasteiger partial charge in [0.05, 0.1) is 23.7 Å². The van der Waals surface area contributed by atoms with Gasteiger partial charge in [-0.25, -0.2) is 0 Å². The number of hydrogen-bond acceptors (Lipinski definition) is 4. The standard InChI is InChI=1S/C25H25N3O4/c1-16-15-27(25(31)23-9-6-12-32-23)22-14-19(10-11-21(22)28(16)17(2)29)18-7-5-8-20(13-18)24(30)26(3)4/h5-14,16H,15H2,1-4H3/t16-/m0/s1. The Morgan fingerprint density at radius 1 is 0.969 bits per heavy atom. The smallest absolute Gasteiger partial charge is 0.294 e. The van der Waals surface area contributed by atoms with Gasteiger partial charge in [0.1, 0.15) is 0 Å². The van der Waals surface area contributed by atoms with Crippen LogP contribution in [0.15, 0.2) is 65.3 Å². The fraction of sp³-hybridized carbons (Fsp3) is 0.240. The molecular weight excluding hydrogens is 406 g/mol. The van der Waals surface area contributed by atoms with Crippen molar-refractivity contribution < 1.29 is 18.8 Å². The number of carbonyl (C=O) groups is 3. The first-order chi connectivity index (χ1) is 15.3. The van der Waals surface area contributed by atoms with E-state index < -0.39 is 0 Å². The summed E-state index contributed by atoms with van der Waals surface area (Å²) in [6.45, 7) is 3.78. The van der Waals surface area contributed by atoms with E-state index in [1.54, 1.807) is 42.1 Å². The highest BCUT2D eigenvalue weighted by Gasteiger charge is 2.35. The molecular formula is C25H25N3O4. The molecule has 0 N–H and O–H groups in total. The third kappa shape index (κ3) is 3.77. The number of fused-ring (bicyclic) bond motifs is 1. The van der Waals surface area contributed by atoms with Crippen molar-refractivity contribution in [2.24, 2.45) is 0 Å². The molecule has 0 unspecified atom stereocenters. The zero-order valence-corrected chi connectivity index (χ0v) is 18.5. The Labute approximate surface area is 186 Å². The van der Waals surface area contributed by atoms with Gasteiger partial charge in [0.25, 0.3) is 11.8 Å². The third-order valence-corrected chi connectivity index (χ3v) is 5.58. The number of amides is 3. The molecule has 0 spiro atoms. The number of carbonyl (C=O) groups excluding carboxylic acids is 3. The van der Waals surface area contributed by atoms with Crippen molar-refractivity contribution in [3.05, 3.63) is 72.2 Å². The molecule has 4 rings (SSSR count). The predicted octanol–water partition coefficient (Wildman–Crippen LogP) is 4.05. The van der Waals surface area contributed by atoms with E-state index in [0.717, 1.165) is 11.1 Å². The van der Waals surface area contributed by atoms with E-state index >= 15 is 0 Å². The zero-order chi connectivity index (χ0) is 23.0. The van der Waals surface area contributed by atoms with Crippen LogP contribution < -0.4 is 9.80 Å². The summed E-state index contributed by atoms with van der Waals surface area (Å²) in [5, 5.41) is 0. The van der Waals surface area contributed by atoms with Crippen LogP contribution in [-0.4, -0.2) is 49.3 Å². The Morgan fingerprint density at radius 2 is 1.72 bits per heavy atom. The normalized spacial score (nSPS) is 15.3. The molecule has 0 radical (unpaired) electrons. The summed E-state index contributed by atoms with van der Waals surface area (Å²) in [6.07, 6.45) is 1.47. The number of benzene rings is 2. The fourth-order valence-electron chi connectivity index (χ4n) is 4.10. The number of nitrogens with zero attached hydrogens (tertiary/aromatic N) is 3. The van der Waals surface area contributed by atoms with Crippen molar-refractivity contribution in [3.8, 4) is 11.1 Å². The van der Waals surface area contributed by atoms with Gasteiger partial charge in [-0.2, -0.15) is 0 Å². The largest absolute Gasteiger partial charge is 0.459 e. The molecule has 0 aliphatic carbocycles. The maximum Gasteiger partial charge on any atom is 0.294 e. The second-order valence-corrected chi connectivity index (χ2v) is 8.11. The van der Waals surface area contributed by atoms with Gasteiger partial charge >= 0.3 is 0 Å². The molecule has 0 fully saturated rings. The molecule has 7 heteroatoms. The molecule has 2 aromatic carbocycles. The van der Waals surface area contributed by atoms with Gasteiger partial charge in [-0.15, -0.1) is 0 Å². The van der Waals surface area contributed by atoms with Gasteiger partial charge in [-0.05, 0) is 54.4 Å². The molecule has 0 saturated heterocycles. The molecule has 2 heterocycles. The monoisotopic (exact) mass is 431 g/mol. The molecule has 1 aromatic heterocycles. The Balaban J connectivity index is 1.82. The lowest BCUT2D eigenvalue weighted by atomic mass is 9.98. The van der Waals surface area contributed by atoms with Gasteiger partial charge in [0.2, 0.25) is 5.91 Å². The van der Waals surface area contributed by atoms with E-state index in [4.69, 9.17) is 4.42 Å². The first-order valence-electron chi connectivity index (χ1n) is 10.4. The minimum atomic E-state index is -0.264. The fourth-order valence-corrected chi connectivity index (χ4v) is 4.10. The predicted molar refractivity (Wildman–Crippen MR) is 123 cm³/mol. The highest BCUT2D eigenvalue weighted by atomic mass is 16.3. The van der Waals surface area contributed by atoms with Gasteiger partial charge < -0.3 is 19.1 Å². The maximum absolute atomic E-state index is 13.2. The first kappa shape index (κ1) is 21.4. The Morgan fingerprint density at radius 3 is 2.38 bits per heavy atom. The van der Waals surface area contributed by atoms with Gasteiger partial charge in [0, 0.05) is 33.1 Å². The van der Waals surface area contributed by atoms with Gasteiger partial charge in [-0.1, -0.05) is 18.2 Å². The van der Waals surface area contributed by atoms with E-state index in [1.807, 2.05) is 43.3 Å². The zero-order valence-electron chi connectivity index (χ0n) is 18.5. The quantitative estimate of drug-likeness (QED) is 0.627. The third-order valence-electron chi connectivity index (χ3n) is 5.58. The SMILES string of the molecule is CC(=O)N1c2ccc(-c3cccc(C(=O)N(C)C)c3)cc2N(C(=O)c2ccco2)C[C@@H]1C. The molecule has 0 bridgehead atoms. The lowest BCUT2D eigenvalue weighted by Crippen LogP contribution is -2.51. The summed E-state index contributed by atoms with van der Waals surface area (Å²) in [4.78, 5) is 42.9. The summed E-state index contributed by atoms with van der Waals surface area (Å²) >= 11 is 0. The van der Waals surface area contributed by atoms with E-state index in [2.05, 4.69) is 0 Å². The minimum absolute atomic E-state index is 0.0870. The van der Waals surface area contributed by atoms with Crippen LogP contribution in [-0.2, 0) is 4.79 Å². The lowest BCUT2D eigenvalue weighted by Gasteiger charge is -2.40. The molecule has 1 aliphatic rings.